The zero-order chi connectivity index (χ0) is 14.7. The fourth-order valence-electron chi connectivity index (χ4n) is 2.03. The third kappa shape index (κ3) is 3.16. The van der Waals surface area contributed by atoms with E-state index < -0.39 is 5.97 Å². The highest BCUT2D eigenvalue weighted by Crippen LogP contribution is 2.36. The number of rotatable bonds is 6. The van der Waals surface area contributed by atoms with Gasteiger partial charge in [0.25, 0.3) is 0 Å². The van der Waals surface area contributed by atoms with Crippen LogP contribution < -0.4 is 5.32 Å². The maximum atomic E-state index is 11.0. The molecule has 0 radical (unpaired) electrons. The van der Waals surface area contributed by atoms with E-state index in [1.54, 1.807) is 23.1 Å². The molecule has 0 saturated carbocycles. The number of carbonyl (C=O) groups is 2. The summed E-state index contributed by atoms with van der Waals surface area (Å²) in [7, 11) is 0. The molecule has 2 rings (SSSR count). The number of amides is 1. The van der Waals surface area contributed by atoms with Gasteiger partial charge in [0.2, 0.25) is 5.91 Å². The summed E-state index contributed by atoms with van der Waals surface area (Å²) < 4.78 is 2.97. The zero-order valence-electron chi connectivity index (χ0n) is 11.3. The number of aliphatic carboxylic acids is 1. The van der Waals surface area contributed by atoms with Crippen molar-refractivity contribution in [3.63, 3.8) is 0 Å². The highest BCUT2D eigenvalue weighted by atomic mass is 32.2. The number of carbonyl (C=O) groups excluding carboxylic acids is 1. The van der Waals surface area contributed by atoms with Crippen LogP contribution in [0.5, 0.6) is 0 Å². The summed E-state index contributed by atoms with van der Waals surface area (Å²) in [5.74, 6) is -0.184. The average Bonchev–Trinajstić information content (AvgIpc) is 2.91. The highest BCUT2D eigenvalue weighted by molar-refractivity contribution is 7.99. The third-order valence-electron chi connectivity index (χ3n) is 2.88. The lowest BCUT2D eigenvalue weighted by atomic mass is 10.4. The minimum atomic E-state index is -0.848. The first kappa shape index (κ1) is 14.9. The molecule has 0 aromatic carbocycles. The highest BCUT2D eigenvalue weighted by Gasteiger charge is 2.17. The first-order valence-corrected chi connectivity index (χ1v) is 8.02. The maximum absolute atomic E-state index is 11.0. The van der Waals surface area contributed by atoms with Crippen LogP contribution in [0, 0.1) is 6.92 Å². The zero-order valence-corrected chi connectivity index (χ0v) is 12.9. The number of fused-ring (bicyclic) bond motifs is 1. The van der Waals surface area contributed by atoms with Crippen LogP contribution >= 0.6 is 23.1 Å². The van der Waals surface area contributed by atoms with Crippen LogP contribution in [0.2, 0.25) is 0 Å². The van der Waals surface area contributed by atoms with Crippen LogP contribution in [-0.2, 0) is 16.1 Å². The van der Waals surface area contributed by atoms with Gasteiger partial charge in [0.1, 0.15) is 6.54 Å². The van der Waals surface area contributed by atoms with E-state index in [-0.39, 0.29) is 12.5 Å². The van der Waals surface area contributed by atoms with Gasteiger partial charge in [-0.05, 0) is 18.4 Å². The fourth-order valence-corrected chi connectivity index (χ4v) is 4.09. The molecule has 0 fully saturated rings. The van der Waals surface area contributed by atoms with Crippen molar-refractivity contribution in [2.45, 2.75) is 25.4 Å². The maximum Gasteiger partial charge on any atom is 0.323 e. The van der Waals surface area contributed by atoms with Crippen molar-refractivity contribution in [1.82, 2.24) is 9.88 Å². The monoisotopic (exact) mass is 312 g/mol. The van der Waals surface area contributed by atoms with E-state index in [1.165, 1.54) is 6.92 Å². The molecule has 0 unspecified atom stereocenters. The van der Waals surface area contributed by atoms with Gasteiger partial charge in [-0.25, -0.2) is 0 Å². The van der Waals surface area contributed by atoms with Crippen molar-refractivity contribution >= 4 is 45.1 Å². The van der Waals surface area contributed by atoms with Crippen LogP contribution in [0.4, 0.5) is 0 Å². The smallest absolute Gasteiger partial charge is 0.323 e. The van der Waals surface area contributed by atoms with Gasteiger partial charge in [0.05, 0.1) is 9.73 Å². The number of thioether (sulfide) groups is 1. The first-order valence-electron chi connectivity index (χ1n) is 6.16. The Kier molecular flexibility index (Phi) is 4.72. The Labute approximate surface area is 125 Å². The summed E-state index contributed by atoms with van der Waals surface area (Å²) in [6.45, 7) is 3.97. The summed E-state index contributed by atoms with van der Waals surface area (Å²) >= 11 is 3.20. The Morgan fingerprint density at radius 3 is 2.90 bits per heavy atom. The van der Waals surface area contributed by atoms with Gasteiger partial charge in [-0.2, -0.15) is 0 Å². The standard InChI is InChI=1S/C13H16N2O3S2/c1-8-12-10(3-5-19-12)13(15(8)7-11(17)18)20-6-4-14-9(2)16/h3,5H,4,6-7H2,1-2H3,(H,14,16)(H,17,18). The van der Waals surface area contributed by atoms with Crippen LogP contribution in [0.3, 0.4) is 0 Å². The largest absolute Gasteiger partial charge is 0.480 e. The molecule has 108 valence electrons. The second-order valence-electron chi connectivity index (χ2n) is 4.37. The summed E-state index contributed by atoms with van der Waals surface area (Å²) in [5, 5.41) is 15.9. The molecule has 5 nitrogen and oxygen atoms in total. The molecule has 2 N–H and O–H groups in total. The van der Waals surface area contributed by atoms with E-state index >= 15 is 0 Å². The van der Waals surface area contributed by atoms with Gasteiger partial charge in [-0.15, -0.1) is 23.1 Å². The van der Waals surface area contributed by atoms with Crippen molar-refractivity contribution in [2.24, 2.45) is 0 Å². The number of hydrogen-bond donors (Lipinski definition) is 2. The van der Waals surface area contributed by atoms with Crippen LogP contribution in [0.25, 0.3) is 10.1 Å². The number of hydrogen-bond acceptors (Lipinski definition) is 4. The Morgan fingerprint density at radius 1 is 1.50 bits per heavy atom. The molecule has 0 aliphatic rings. The normalized spacial score (nSPS) is 10.9. The summed E-state index contributed by atoms with van der Waals surface area (Å²) in [4.78, 5) is 21.8. The number of aromatic nitrogens is 1. The second-order valence-corrected chi connectivity index (χ2v) is 6.37. The Hall–Kier alpha value is -1.47. The van der Waals surface area contributed by atoms with Gasteiger partial charge in [-0.1, -0.05) is 0 Å². The fraction of sp³-hybridized carbons (Fsp3) is 0.385. The Bertz CT molecular complexity index is 645. The molecule has 0 saturated heterocycles. The molecular formula is C13H16N2O3S2. The number of carboxylic acid groups (broad SMARTS) is 1. The lowest BCUT2D eigenvalue weighted by Crippen LogP contribution is -2.22. The van der Waals surface area contributed by atoms with Gasteiger partial charge < -0.3 is 15.0 Å². The molecule has 2 heterocycles. The molecule has 0 bridgehead atoms. The quantitative estimate of drug-likeness (QED) is 0.634. The van der Waals surface area contributed by atoms with Crippen molar-refractivity contribution in [3.8, 4) is 0 Å². The molecule has 2 aromatic heterocycles. The van der Waals surface area contributed by atoms with E-state index in [1.807, 2.05) is 22.9 Å². The number of nitrogens with zero attached hydrogens (tertiary/aromatic N) is 1. The van der Waals surface area contributed by atoms with E-state index in [9.17, 15) is 9.59 Å². The molecule has 7 heteroatoms. The Morgan fingerprint density at radius 2 is 2.25 bits per heavy atom. The topological polar surface area (TPSA) is 71.3 Å². The summed E-state index contributed by atoms with van der Waals surface area (Å²) in [6, 6.07) is 2.02. The molecule has 0 aliphatic carbocycles. The average molecular weight is 312 g/mol. The van der Waals surface area contributed by atoms with E-state index in [4.69, 9.17) is 5.11 Å². The molecular weight excluding hydrogens is 296 g/mol. The molecule has 1 amide bonds. The van der Waals surface area contributed by atoms with Crippen LogP contribution in [-0.4, -0.2) is 33.8 Å². The third-order valence-corrected chi connectivity index (χ3v) is 5.03. The minimum absolute atomic E-state index is 0.0320. The molecule has 20 heavy (non-hydrogen) atoms. The van der Waals surface area contributed by atoms with Gasteiger partial charge >= 0.3 is 5.97 Å². The molecule has 0 spiro atoms. The van der Waals surface area contributed by atoms with E-state index in [0.717, 1.165) is 20.8 Å². The van der Waals surface area contributed by atoms with Crippen molar-refractivity contribution in [1.29, 1.82) is 0 Å². The number of nitrogens with one attached hydrogen (secondary N) is 1. The first-order chi connectivity index (χ1) is 9.50. The lowest BCUT2D eigenvalue weighted by molar-refractivity contribution is -0.137. The SMILES string of the molecule is CC(=O)NCCSc1c2ccsc2c(C)n1CC(=O)O. The predicted octanol–water partition coefficient (Wildman–Crippen LogP) is 2.32. The summed E-state index contributed by atoms with van der Waals surface area (Å²) in [6.07, 6.45) is 0. The van der Waals surface area contributed by atoms with Crippen molar-refractivity contribution in [3.05, 3.63) is 17.1 Å². The van der Waals surface area contributed by atoms with Crippen LogP contribution in [0.15, 0.2) is 16.5 Å². The number of thiophene rings is 1. The second kappa shape index (κ2) is 6.32. The molecule has 0 atom stereocenters. The van der Waals surface area contributed by atoms with Gasteiger partial charge in [0.15, 0.2) is 0 Å². The van der Waals surface area contributed by atoms with E-state index in [0.29, 0.717) is 12.3 Å². The minimum Gasteiger partial charge on any atom is -0.480 e. The molecule has 0 aliphatic heterocycles. The number of carboxylic acids is 1. The van der Waals surface area contributed by atoms with Crippen molar-refractivity contribution < 1.29 is 14.7 Å². The van der Waals surface area contributed by atoms with E-state index in [2.05, 4.69) is 5.32 Å². The summed E-state index contributed by atoms with van der Waals surface area (Å²) in [5.41, 5.74) is 0.986. The van der Waals surface area contributed by atoms with Crippen LogP contribution in [0.1, 0.15) is 12.6 Å². The predicted molar refractivity (Wildman–Crippen MR) is 81.6 cm³/mol. The van der Waals surface area contributed by atoms with Gasteiger partial charge in [-0.3, -0.25) is 9.59 Å². The van der Waals surface area contributed by atoms with Crippen molar-refractivity contribution in [2.75, 3.05) is 12.3 Å². The Balaban J connectivity index is 2.22. The number of aryl methyl sites for hydroxylation is 1. The van der Waals surface area contributed by atoms with Gasteiger partial charge in [0, 0.05) is 30.3 Å². The lowest BCUT2D eigenvalue weighted by Gasteiger charge is -2.09. The molecule has 2 aromatic rings.